The molecular formula is C50H79N9O6. The number of esters is 1. The number of rotatable bonds is 20. The summed E-state index contributed by atoms with van der Waals surface area (Å²) in [6.07, 6.45) is 9.44. The lowest BCUT2D eigenvalue weighted by atomic mass is 9.76. The summed E-state index contributed by atoms with van der Waals surface area (Å²) < 4.78 is 25.2. The van der Waals surface area contributed by atoms with Crippen molar-refractivity contribution in [3.63, 3.8) is 0 Å². The van der Waals surface area contributed by atoms with Crippen LogP contribution in [-0.2, 0) is 41.5 Å². The van der Waals surface area contributed by atoms with E-state index in [0.29, 0.717) is 32.7 Å². The van der Waals surface area contributed by atoms with Gasteiger partial charge in [-0.1, -0.05) is 13.8 Å². The SMILES string of the molecule is CCn1c(-c2cc(N3CCN(C4CC4)CC3)cnc2C(C)OC)c(CC(C)(C)COC(C)=O)c2cc(N(CCOC)CCC(C(N)C=O)N3CC4(COC4)C3)ccc21.CN1CCCCN1. The Hall–Kier alpha value is -3.67. The number of aldehydes is 1. The molecule has 15 heteroatoms. The molecule has 0 amide bonds. The van der Waals surface area contributed by atoms with Crippen molar-refractivity contribution in [3.05, 3.63) is 41.7 Å². The van der Waals surface area contributed by atoms with Gasteiger partial charge in [0, 0.05) is 145 Å². The van der Waals surface area contributed by atoms with Crippen LogP contribution in [0.1, 0.15) is 84.1 Å². The maximum atomic E-state index is 12.1. The average molecular weight is 902 g/mol. The number of aromatic nitrogens is 2. The number of hydrogen-bond donors (Lipinski definition) is 2. The molecule has 3 unspecified atom stereocenters. The third-order valence-electron chi connectivity index (χ3n) is 14.3. The van der Waals surface area contributed by atoms with Gasteiger partial charge in [-0.2, -0.15) is 0 Å². The van der Waals surface area contributed by atoms with Crippen LogP contribution in [-0.4, -0.2) is 168 Å². The molecule has 15 nitrogen and oxygen atoms in total. The fourth-order valence-electron chi connectivity index (χ4n) is 10.3. The summed E-state index contributed by atoms with van der Waals surface area (Å²) in [4.78, 5) is 39.2. The molecular weight excluding hydrogens is 823 g/mol. The van der Waals surface area contributed by atoms with E-state index < -0.39 is 6.04 Å². The molecule has 4 aliphatic heterocycles. The van der Waals surface area contributed by atoms with E-state index in [1.165, 1.54) is 44.7 Å². The average Bonchev–Trinajstić information content (AvgIpc) is 4.09. The molecule has 6 heterocycles. The molecule has 2 aromatic heterocycles. The third kappa shape index (κ3) is 11.9. The highest BCUT2D eigenvalue weighted by atomic mass is 16.5. The summed E-state index contributed by atoms with van der Waals surface area (Å²) in [5.74, 6) is -0.280. The van der Waals surface area contributed by atoms with Gasteiger partial charge in [-0.3, -0.25) is 25.0 Å². The van der Waals surface area contributed by atoms with Gasteiger partial charge in [0.05, 0.1) is 61.8 Å². The Labute approximate surface area is 388 Å². The molecule has 1 saturated carbocycles. The maximum Gasteiger partial charge on any atom is 0.302 e. The van der Waals surface area contributed by atoms with Crippen LogP contribution in [0.15, 0.2) is 30.5 Å². The maximum absolute atomic E-state index is 12.1. The van der Waals surface area contributed by atoms with E-state index >= 15 is 0 Å². The highest BCUT2D eigenvalue weighted by Gasteiger charge is 2.51. The molecule has 1 aromatic carbocycles. The van der Waals surface area contributed by atoms with Crippen molar-refractivity contribution in [1.29, 1.82) is 0 Å². The van der Waals surface area contributed by atoms with Crippen LogP contribution in [0.4, 0.5) is 11.4 Å². The molecule has 3 N–H and O–H groups in total. The number of ether oxygens (including phenoxy) is 4. The number of pyridine rings is 1. The Morgan fingerprint density at radius 3 is 2.42 bits per heavy atom. The highest BCUT2D eigenvalue weighted by molar-refractivity contribution is 5.95. The molecule has 0 bridgehead atoms. The first kappa shape index (κ1) is 49.2. The van der Waals surface area contributed by atoms with E-state index in [1.807, 2.05) is 6.20 Å². The smallest absolute Gasteiger partial charge is 0.302 e. The first-order valence-electron chi connectivity index (χ1n) is 24.3. The number of nitrogens with two attached hydrogens (primary N) is 1. The largest absolute Gasteiger partial charge is 0.465 e. The van der Waals surface area contributed by atoms with Gasteiger partial charge < -0.3 is 43.8 Å². The summed E-state index contributed by atoms with van der Waals surface area (Å²) in [6, 6.07) is 9.27. The van der Waals surface area contributed by atoms with Crippen molar-refractivity contribution < 1.29 is 28.5 Å². The summed E-state index contributed by atoms with van der Waals surface area (Å²) in [5, 5.41) is 3.30. The number of hydrazine groups is 1. The Morgan fingerprint density at radius 2 is 1.85 bits per heavy atom. The van der Waals surface area contributed by atoms with Gasteiger partial charge in [-0.05, 0) is 82.2 Å². The molecule has 360 valence electrons. The molecule has 3 atom stereocenters. The number of hydrogen-bond acceptors (Lipinski definition) is 14. The molecule has 5 aliphatic rings. The molecule has 8 rings (SSSR count). The topological polar surface area (TPSA) is 143 Å². The first-order valence-corrected chi connectivity index (χ1v) is 24.3. The number of carbonyl (C=O) groups is 2. The Bertz CT molecular complexity index is 2030. The van der Waals surface area contributed by atoms with Crippen molar-refractivity contribution >= 4 is 34.5 Å². The van der Waals surface area contributed by atoms with Crippen LogP contribution in [0.5, 0.6) is 0 Å². The number of benzene rings is 1. The summed E-state index contributed by atoms with van der Waals surface area (Å²) in [6.45, 7) is 23.0. The van der Waals surface area contributed by atoms with Gasteiger partial charge in [0.25, 0.3) is 0 Å². The van der Waals surface area contributed by atoms with Crippen LogP contribution >= 0.6 is 0 Å². The number of methoxy groups -OCH3 is 2. The monoisotopic (exact) mass is 902 g/mol. The number of piperazine rings is 1. The number of carbonyl (C=O) groups excluding carboxylic acids is 2. The van der Waals surface area contributed by atoms with Crippen molar-refractivity contribution in [2.24, 2.45) is 16.6 Å². The third-order valence-corrected chi connectivity index (χ3v) is 14.3. The number of aryl methyl sites for hydroxylation is 1. The second kappa shape index (κ2) is 22.0. The second-order valence-corrected chi connectivity index (χ2v) is 20.1. The van der Waals surface area contributed by atoms with Crippen molar-refractivity contribution in [2.45, 2.75) is 104 Å². The van der Waals surface area contributed by atoms with Crippen LogP contribution in [0.25, 0.3) is 22.2 Å². The van der Waals surface area contributed by atoms with E-state index in [9.17, 15) is 9.59 Å². The van der Waals surface area contributed by atoms with E-state index in [-0.39, 0.29) is 28.9 Å². The van der Waals surface area contributed by atoms with Gasteiger partial charge in [-0.25, -0.2) is 5.01 Å². The molecule has 65 heavy (non-hydrogen) atoms. The second-order valence-electron chi connectivity index (χ2n) is 20.1. The molecule has 1 spiro atoms. The van der Waals surface area contributed by atoms with Crippen LogP contribution < -0.4 is 21.0 Å². The lowest BCUT2D eigenvalue weighted by Crippen LogP contribution is -2.70. The van der Waals surface area contributed by atoms with E-state index in [1.54, 1.807) is 14.2 Å². The predicted octanol–water partition coefficient (Wildman–Crippen LogP) is 5.13. The van der Waals surface area contributed by atoms with E-state index in [0.717, 1.165) is 124 Å². The lowest BCUT2D eigenvalue weighted by Gasteiger charge is -2.58. The fourth-order valence-corrected chi connectivity index (χ4v) is 10.3. The molecule has 1 aliphatic carbocycles. The number of likely N-dealkylation sites (tertiary alicyclic amines) is 1. The van der Waals surface area contributed by atoms with Gasteiger partial charge in [0.1, 0.15) is 6.29 Å². The summed E-state index contributed by atoms with van der Waals surface area (Å²) in [5.41, 5.74) is 17.2. The number of nitrogens with one attached hydrogen (secondary N) is 1. The molecule has 4 saturated heterocycles. The van der Waals surface area contributed by atoms with Crippen molar-refractivity contribution in [3.8, 4) is 11.3 Å². The first-order chi connectivity index (χ1) is 31.3. The lowest BCUT2D eigenvalue weighted by molar-refractivity contribution is -0.199. The van der Waals surface area contributed by atoms with Gasteiger partial charge in [-0.15, -0.1) is 0 Å². The van der Waals surface area contributed by atoms with E-state index in [4.69, 9.17) is 29.7 Å². The fraction of sp³-hybridized carbons (Fsp3) is 0.700. The van der Waals surface area contributed by atoms with Gasteiger partial charge >= 0.3 is 5.97 Å². The minimum Gasteiger partial charge on any atom is -0.465 e. The summed E-state index contributed by atoms with van der Waals surface area (Å²) >= 11 is 0. The zero-order valence-corrected chi connectivity index (χ0v) is 40.8. The Kier molecular flexibility index (Phi) is 16.6. The zero-order chi connectivity index (χ0) is 46.3. The Balaban J connectivity index is 0.000000822. The number of anilines is 2. The molecule has 5 fully saturated rings. The van der Waals surface area contributed by atoms with Crippen molar-refractivity contribution in [2.75, 3.05) is 123 Å². The number of fused-ring (bicyclic) bond motifs is 1. The predicted molar refractivity (Wildman–Crippen MR) is 258 cm³/mol. The minimum absolute atomic E-state index is 0.0550. The summed E-state index contributed by atoms with van der Waals surface area (Å²) in [7, 11) is 5.56. The molecule has 0 radical (unpaired) electrons. The van der Waals surface area contributed by atoms with Gasteiger partial charge in [0.15, 0.2) is 0 Å². The minimum atomic E-state index is -0.563. The van der Waals surface area contributed by atoms with E-state index in [2.05, 4.69) is 93.6 Å². The normalized spacial score (nSPS) is 20.7. The van der Waals surface area contributed by atoms with Crippen LogP contribution in [0.2, 0.25) is 0 Å². The highest BCUT2D eigenvalue weighted by Crippen LogP contribution is 2.44. The Morgan fingerprint density at radius 1 is 1.09 bits per heavy atom. The quantitative estimate of drug-likeness (QED) is 0.114. The zero-order valence-electron chi connectivity index (χ0n) is 40.8. The van der Waals surface area contributed by atoms with Crippen molar-refractivity contribution in [1.82, 2.24) is 29.8 Å². The van der Waals surface area contributed by atoms with Crippen LogP contribution in [0, 0.1) is 10.8 Å². The molecule has 3 aromatic rings. The van der Waals surface area contributed by atoms with Gasteiger partial charge in [0.2, 0.25) is 0 Å². The number of nitrogens with zero attached hydrogens (tertiary/aromatic N) is 7. The van der Waals surface area contributed by atoms with Crippen LogP contribution in [0.3, 0.4) is 0 Å². The standard InChI is InChI=1S/C45H67N7O6.C5H12N2/c1-8-52-40-12-11-34(48(19-20-55-6)14-13-41(39(46)25-53)51-26-45(27-51)29-57-30-45)21-36(40)38(23-44(4,5)28-58-32(3)54)43(52)37-22-35(24-47-42(37)31(2)56-7)50-17-15-49(16-18-50)33-9-10-33;1-7-5-3-2-4-6-7/h11-12,21-22,24-25,31,33,39,41H,8-10,13-20,23,26-30,46H2,1-7H3;6H,2-5H2,1H3.